The zero-order valence-electron chi connectivity index (χ0n) is 14.6. The van der Waals surface area contributed by atoms with Gasteiger partial charge in [-0.05, 0) is 44.2 Å². The number of non-ortho nitro benzene ring substituents is 1. The summed E-state index contributed by atoms with van der Waals surface area (Å²) in [5.74, 6) is -1.76. The molecule has 2 N–H and O–H groups in total. The molecule has 0 aromatic heterocycles. The van der Waals surface area contributed by atoms with E-state index in [0.29, 0.717) is 5.69 Å². The number of nitrogens with zero attached hydrogens (tertiary/aromatic N) is 2. The number of amides is 2. The molecule has 26 heavy (non-hydrogen) atoms. The van der Waals surface area contributed by atoms with Crippen LogP contribution >= 0.6 is 0 Å². The van der Waals surface area contributed by atoms with Gasteiger partial charge in [0.25, 0.3) is 5.69 Å². The molecule has 0 aliphatic carbocycles. The summed E-state index contributed by atoms with van der Waals surface area (Å²) in [6, 6.07) is 12.5. The second kappa shape index (κ2) is 8.61. The maximum atomic E-state index is 12.0. The molecule has 2 rings (SSSR count). The summed E-state index contributed by atoms with van der Waals surface area (Å²) in [4.78, 5) is 36.3. The summed E-state index contributed by atoms with van der Waals surface area (Å²) >= 11 is 0. The molecule has 8 nitrogen and oxygen atoms in total. The van der Waals surface area contributed by atoms with Crippen molar-refractivity contribution < 1.29 is 14.5 Å². The Morgan fingerprint density at radius 2 is 1.54 bits per heavy atom. The molecule has 8 heteroatoms. The molecule has 2 aromatic carbocycles. The van der Waals surface area contributed by atoms with Gasteiger partial charge in [-0.25, -0.2) is 0 Å². The molecular formula is C18H20N4O4. The molecule has 0 aliphatic rings. The second-order valence-electron chi connectivity index (χ2n) is 5.43. The lowest BCUT2D eigenvalue weighted by molar-refractivity contribution is -0.384. The average Bonchev–Trinajstić information content (AvgIpc) is 2.64. The van der Waals surface area contributed by atoms with Crippen LogP contribution in [0.15, 0.2) is 48.5 Å². The predicted molar refractivity (Wildman–Crippen MR) is 100 cm³/mol. The van der Waals surface area contributed by atoms with Gasteiger partial charge in [-0.2, -0.15) is 0 Å². The molecule has 0 fully saturated rings. The monoisotopic (exact) mass is 356 g/mol. The first-order chi connectivity index (χ1) is 12.4. The number of carbonyl (C=O) groups is 2. The third kappa shape index (κ3) is 4.79. The minimum absolute atomic E-state index is 0.171. The zero-order chi connectivity index (χ0) is 19.1. The summed E-state index contributed by atoms with van der Waals surface area (Å²) in [5, 5.41) is 15.6. The summed E-state index contributed by atoms with van der Waals surface area (Å²) in [6.07, 6.45) is 0. The van der Waals surface area contributed by atoms with Gasteiger partial charge in [0.2, 0.25) is 0 Å². The fourth-order valence-electron chi connectivity index (χ4n) is 2.42. The van der Waals surface area contributed by atoms with E-state index in [1.54, 1.807) is 12.1 Å². The van der Waals surface area contributed by atoms with E-state index in [2.05, 4.69) is 29.4 Å². The number of benzene rings is 2. The first-order valence-corrected chi connectivity index (χ1v) is 8.16. The molecule has 0 bridgehead atoms. The van der Waals surface area contributed by atoms with Crippen LogP contribution in [0.25, 0.3) is 0 Å². The lowest BCUT2D eigenvalue weighted by atomic mass is 10.2. The Morgan fingerprint density at radius 1 is 0.962 bits per heavy atom. The van der Waals surface area contributed by atoms with Crippen molar-refractivity contribution in [2.24, 2.45) is 0 Å². The first kappa shape index (κ1) is 18.9. The minimum Gasteiger partial charge on any atom is -0.372 e. The number of hydrogen-bond acceptors (Lipinski definition) is 5. The third-order valence-electron chi connectivity index (χ3n) is 3.77. The fraction of sp³-hybridized carbons (Fsp3) is 0.222. The van der Waals surface area contributed by atoms with Crippen LogP contribution in [-0.4, -0.2) is 29.8 Å². The normalized spacial score (nSPS) is 10.1. The number of carbonyl (C=O) groups excluding carboxylic acids is 2. The van der Waals surface area contributed by atoms with Crippen molar-refractivity contribution in [2.45, 2.75) is 13.8 Å². The Balaban J connectivity index is 1.99. The van der Waals surface area contributed by atoms with Crippen LogP contribution in [0, 0.1) is 10.1 Å². The maximum absolute atomic E-state index is 12.0. The SMILES string of the molecule is CCN(CC)c1ccc(NC(=O)C(=O)Nc2cccc([N+](=O)[O-])c2)cc1. The van der Waals surface area contributed by atoms with Crippen molar-refractivity contribution in [3.05, 3.63) is 58.6 Å². The van der Waals surface area contributed by atoms with Crippen molar-refractivity contribution in [1.29, 1.82) is 0 Å². The van der Waals surface area contributed by atoms with Gasteiger partial charge in [0.1, 0.15) is 0 Å². The van der Waals surface area contributed by atoms with Crippen LogP contribution in [0.3, 0.4) is 0 Å². The van der Waals surface area contributed by atoms with Gasteiger partial charge >= 0.3 is 11.8 Å². The van der Waals surface area contributed by atoms with E-state index in [-0.39, 0.29) is 11.4 Å². The van der Waals surface area contributed by atoms with Gasteiger partial charge in [-0.15, -0.1) is 0 Å². The smallest absolute Gasteiger partial charge is 0.314 e. The molecule has 136 valence electrons. The predicted octanol–water partition coefficient (Wildman–Crippen LogP) is 3.02. The van der Waals surface area contributed by atoms with E-state index >= 15 is 0 Å². The topological polar surface area (TPSA) is 105 Å². The molecule has 0 saturated heterocycles. The third-order valence-corrected chi connectivity index (χ3v) is 3.77. The highest BCUT2D eigenvalue weighted by atomic mass is 16.6. The zero-order valence-corrected chi connectivity index (χ0v) is 14.6. The van der Waals surface area contributed by atoms with Crippen LogP contribution in [-0.2, 0) is 9.59 Å². The molecule has 0 spiro atoms. The van der Waals surface area contributed by atoms with Crippen molar-refractivity contribution >= 4 is 34.6 Å². The van der Waals surface area contributed by atoms with E-state index in [1.807, 2.05) is 12.1 Å². The Kier molecular flexibility index (Phi) is 6.26. The van der Waals surface area contributed by atoms with Gasteiger partial charge in [-0.3, -0.25) is 19.7 Å². The number of nitro groups is 1. The molecule has 0 radical (unpaired) electrons. The first-order valence-electron chi connectivity index (χ1n) is 8.16. The standard InChI is InChI=1S/C18H20N4O4/c1-3-21(4-2)15-10-8-13(9-11-15)19-17(23)18(24)20-14-6-5-7-16(12-14)22(25)26/h5-12H,3-4H2,1-2H3,(H,19,23)(H,20,24). The fourth-order valence-corrected chi connectivity index (χ4v) is 2.42. The van der Waals surface area contributed by atoms with E-state index in [0.717, 1.165) is 18.8 Å². The molecule has 0 saturated carbocycles. The highest BCUT2D eigenvalue weighted by Crippen LogP contribution is 2.19. The lowest BCUT2D eigenvalue weighted by Crippen LogP contribution is -2.29. The van der Waals surface area contributed by atoms with Gasteiger partial charge in [0, 0.05) is 42.3 Å². The maximum Gasteiger partial charge on any atom is 0.314 e. The number of rotatable bonds is 6. The minimum atomic E-state index is -0.904. The van der Waals surface area contributed by atoms with Crippen molar-refractivity contribution in [2.75, 3.05) is 28.6 Å². The van der Waals surface area contributed by atoms with Gasteiger partial charge in [0.05, 0.1) is 4.92 Å². The van der Waals surface area contributed by atoms with E-state index in [1.165, 1.54) is 24.3 Å². The van der Waals surface area contributed by atoms with E-state index in [4.69, 9.17) is 0 Å². The largest absolute Gasteiger partial charge is 0.372 e. The van der Waals surface area contributed by atoms with E-state index < -0.39 is 16.7 Å². The summed E-state index contributed by atoms with van der Waals surface area (Å²) in [6.45, 7) is 5.84. The Bertz CT molecular complexity index is 801. The van der Waals surface area contributed by atoms with Gasteiger partial charge < -0.3 is 15.5 Å². The quantitative estimate of drug-likeness (QED) is 0.470. The molecule has 2 amide bonds. The molecule has 2 aromatic rings. The molecule has 0 heterocycles. The van der Waals surface area contributed by atoms with Crippen LogP contribution in [0.5, 0.6) is 0 Å². The number of nitro benzene ring substituents is 1. The van der Waals surface area contributed by atoms with Crippen molar-refractivity contribution in [3.63, 3.8) is 0 Å². The summed E-state index contributed by atoms with van der Waals surface area (Å²) in [5.41, 5.74) is 1.51. The Hall–Kier alpha value is -3.42. The number of nitrogens with one attached hydrogen (secondary N) is 2. The molecule has 0 aliphatic heterocycles. The summed E-state index contributed by atoms with van der Waals surface area (Å²) in [7, 11) is 0. The van der Waals surface area contributed by atoms with Crippen molar-refractivity contribution in [1.82, 2.24) is 0 Å². The van der Waals surface area contributed by atoms with Crippen LogP contribution in [0.2, 0.25) is 0 Å². The molecule has 0 atom stereocenters. The van der Waals surface area contributed by atoms with Gasteiger partial charge in [0.15, 0.2) is 0 Å². The lowest BCUT2D eigenvalue weighted by Gasteiger charge is -2.21. The van der Waals surface area contributed by atoms with Crippen LogP contribution in [0.1, 0.15) is 13.8 Å². The Labute approximate surface area is 151 Å². The Morgan fingerprint density at radius 3 is 2.08 bits per heavy atom. The van der Waals surface area contributed by atoms with Crippen molar-refractivity contribution in [3.8, 4) is 0 Å². The summed E-state index contributed by atoms with van der Waals surface area (Å²) < 4.78 is 0. The second-order valence-corrected chi connectivity index (χ2v) is 5.43. The van der Waals surface area contributed by atoms with E-state index in [9.17, 15) is 19.7 Å². The molecular weight excluding hydrogens is 336 g/mol. The number of hydrogen-bond donors (Lipinski definition) is 2. The van der Waals surface area contributed by atoms with Crippen LogP contribution in [0.4, 0.5) is 22.7 Å². The van der Waals surface area contributed by atoms with Crippen LogP contribution < -0.4 is 15.5 Å². The molecule has 0 unspecified atom stereocenters. The number of anilines is 3. The van der Waals surface area contributed by atoms with Gasteiger partial charge in [-0.1, -0.05) is 6.07 Å². The highest BCUT2D eigenvalue weighted by Gasteiger charge is 2.15. The average molecular weight is 356 g/mol. The highest BCUT2D eigenvalue weighted by molar-refractivity contribution is 6.43.